The summed E-state index contributed by atoms with van der Waals surface area (Å²) in [6.07, 6.45) is 3.21. The van der Waals surface area contributed by atoms with E-state index in [1.54, 1.807) is 20.0 Å². The summed E-state index contributed by atoms with van der Waals surface area (Å²) in [5, 5.41) is 11.7. The molecule has 1 aromatic rings. The van der Waals surface area contributed by atoms with Crippen LogP contribution in [0.25, 0.3) is 0 Å². The van der Waals surface area contributed by atoms with Gasteiger partial charge in [-0.2, -0.15) is 0 Å². The molecule has 1 fully saturated rings. The van der Waals surface area contributed by atoms with Gasteiger partial charge in [0.25, 0.3) is 0 Å². The Morgan fingerprint density at radius 1 is 1.47 bits per heavy atom. The van der Waals surface area contributed by atoms with Crippen molar-refractivity contribution >= 4 is 11.9 Å². The van der Waals surface area contributed by atoms with Gasteiger partial charge in [-0.3, -0.25) is 9.59 Å². The number of oxazole rings is 1. The number of aliphatic carboxylic acids is 1. The van der Waals surface area contributed by atoms with E-state index in [2.05, 4.69) is 10.3 Å². The predicted octanol–water partition coefficient (Wildman–Crippen LogP) is 1.66. The Morgan fingerprint density at radius 2 is 2.16 bits per heavy atom. The van der Waals surface area contributed by atoms with Crippen molar-refractivity contribution in [2.75, 3.05) is 0 Å². The van der Waals surface area contributed by atoms with E-state index in [9.17, 15) is 9.59 Å². The second-order valence-corrected chi connectivity index (χ2v) is 5.08. The number of carboxylic acid groups (broad SMARTS) is 1. The van der Waals surface area contributed by atoms with E-state index in [0.717, 1.165) is 0 Å². The molecule has 1 amide bonds. The number of hydrogen-bond acceptors (Lipinski definition) is 4. The van der Waals surface area contributed by atoms with Crippen LogP contribution in [0.3, 0.4) is 0 Å². The van der Waals surface area contributed by atoms with Crippen molar-refractivity contribution in [1.82, 2.24) is 10.3 Å². The summed E-state index contributed by atoms with van der Waals surface area (Å²) < 4.78 is 5.35. The van der Waals surface area contributed by atoms with E-state index < -0.39 is 11.9 Å². The van der Waals surface area contributed by atoms with Crippen LogP contribution in [-0.2, 0) is 9.59 Å². The summed E-state index contributed by atoms with van der Waals surface area (Å²) in [6.45, 7) is 3.59. The standard InChI is InChI=1S/C13H18N2O4/c1-7-6-14-12(19-7)8(2)15-11(16)9-3-4-10(5-9)13(17)18/h6,8-10H,3-5H2,1-2H3,(H,15,16)(H,17,18). The number of aromatic nitrogens is 1. The average molecular weight is 266 g/mol. The number of carbonyl (C=O) groups is 2. The van der Waals surface area contributed by atoms with Gasteiger partial charge in [0.05, 0.1) is 12.1 Å². The van der Waals surface area contributed by atoms with Crippen molar-refractivity contribution in [3.63, 3.8) is 0 Å². The van der Waals surface area contributed by atoms with Crippen molar-refractivity contribution in [3.05, 3.63) is 17.8 Å². The Labute approximate surface area is 111 Å². The maximum absolute atomic E-state index is 12.0. The van der Waals surface area contributed by atoms with Crippen LogP contribution in [0.2, 0.25) is 0 Å². The predicted molar refractivity (Wildman–Crippen MR) is 66.3 cm³/mol. The quantitative estimate of drug-likeness (QED) is 0.864. The molecule has 104 valence electrons. The third-order valence-corrected chi connectivity index (χ3v) is 3.52. The molecule has 2 N–H and O–H groups in total. The smallest absolute Gasteiger partial charge is 0.306 e. The number of amides is 1. The molecular weight excluding hydrogens is 248 g/mol. The van der Waals surface area contributed by atoms with Gasteiger partial charge in [-0.15, -0.1) is 0 Å². The first-order chi connectivity index (χ1) is 8.97. The van der Waals surface area contributed by atoms with Gasteiger partial charge in [0.1, 0.15) is 11.8 Å². The first-order valence-corrected chi connectivity index (χ1v) is 6.43. The summed E-state index contributed by atoms with van der Waals surface area (Å²) >= 11 is 0. The van der Waals surface area contributed by atoms with Crippen LogP contribution in [0.5, 0.6) is 0 Å². The minimum atomic E-state index is -0.813. The zero-order chi connectivity index (χ0) is 14.0. The Kier molecular flexibility index (Phi) is 3.87. The molecule has 1 aliphatic rings. The highest BCUT2D eigenvalue weighted by atomic mass is 16.4. The van der Waals surface area contributed by atoms with Crippen molar-refractivity contribution in [3.8, 4) is 0 Å². The fourth-order valence-electron chi connectivity index (χ4n) is 2.41. The molecule has 3 unspecified atom stereocenters. The third kappa shape index (κ3) is 3.13. The zero-order valence-electron chi connectivity index (χ0n) is 11.0. The summed E-state index contributed by atoms with van der Waals surface area (Å²) in [4.78, 5) is 27.0. The highest BCUT2D eigenvalue weighted by Crippen LogP contribution is 2.31. The Bertz CT molecular complexity index is 483. The minimum Gasteiger partial charge on any atom is -0.481 e. The molecule has 0 aliphatic heterocycles. The van der Waals surface area contributed by atoms with E-state index in [4.69, 9.17) is 9.52 Å². The fraction of sp³-hybridized carbons (Fsp3) is 0.615. The van der Waals surface area contributed by atoms with Crippen LogP contribution in [0.15, 0.2) is 10.6 Å². The average Bonchev–Trinajstić information content (AvgIpc) is 2.96. The lowest BCUT2D eigenvalue weighted by Gasteiger charge is -2.14. The molecule has 1 heterocycles. The van der Waals surface area contributed by atoms with Gasteiger partial charge in [-0.05, 0) is 33.1 Å². The number of carbonyl (C=O) groups excluding carboxylic acids is 1. The lowest BCUT2D eigenvalue weighted by atomic mass is 10.0. The monoisotopic (exact) mass is 266 g/mol. The highest BCUT2D eigenvalue weighted by molar-refractivity contribution is 5.81. The van der Waals surface area contributed by atoms with Gasteiger partial charge in [-0.1, -0.05) is 0 Å². The summed E-state index contributed by atoms with van der Waals surface area (Å²) in [5.41, 5.74) is 0. The van der Waals surface area contributed by atoms with E-state index in [1.807, 2.05) is 0 Å². The van der Waals surface area contributed by atoms with Gasteiger partial charge in [-0.25, -0.2) is 4.98 Å². The first-order valence-electron chi connectivity index (χ1n) is 6.43. The second kappa shape index (κ2) is 5.42. The van der Waals surface area contributed by atoms with E-state index in [-0.39, 0.29) is 17.9 Å². The molecule has 6 heteroatoms. The maximum Gasteiger partial charge on any atom is 0.306 e. The van der Waals surface area contributed by atoms with Crippen LogP contribution < -0.4 is 5.32 Å². The van der Waals surface area contributed by atoms with E-state index in [0.29, 0.717) is 30.9 Å². The third-order valence-electron chi connectivity index (χ3n) is 3.52. The summed E-state index contributed by atoms with van der Waals surface area (Å²) in [5.74, 6) is -0.380. The fourth-order valence-corrected chi connectivity index (χ4v) is 2.41. The highest BCUT2D eigenvalue weighted by Gasteiger charge is 2.34. The first kappa shape index (κ1) is 13.6. The molecule has 3 atom stereocenters. The molecule has 0 bridgehead atoms. The SMILES string of the molecule is Cc1cnc(C(C)NC(=O)C2CCC(C(=O)O)C2)o1. The number of rotatable bonds is 4. The number of carboxylic acids is 1. The molecule has 2 rings (SSSR count). The number of nitrogens with zero attached hydrogens (tertiary/aromatic N) is 1. The Morgan fingerprint density at radius 3 is 2.68 bits per heavy atom. The number of aryl methyl sites for hydroxylation is 1. The van der Waals surface area contributed by atoms with Crippen LogP contribution >= 0.6 is 0 Å². The second-order valence-electron chi connectivity index (χ2n) is 5.08. The molecule has 1 aliphatic carbocycles. The zero-order valence-corrected chi connectivity index (χ0v) is 11.0. The van der Waals surface area contributed by atoms with Gasteiger partial charge >= 0.3 is 5.97 Å². The molecule has 0 saturated heterocycles. The lowest BCUT2D eigenvalue weighted by molar-refractivity contribution is -0.141. The van der Waals surface area contributed by atoms with Gasteiger partial charge < -0.3 is 14.8 Å². The largest absolute Gasteiger partial charge is 0.481 e. The Hall–Kier alpha value is -1.85. The molecule has 19 heavy (non-hydrogen) atoms. The van der Waals surface area contributed by atoms with Crippen LogP contribution in [0.4, 0.5) is 0 Å². The van der Waals surface area contributed by atoms with Crippen molar-refractivity contribution in [2.24, 2.45) is 11.8 Å². The topological polar surface area (TPSA) is 92.4 Å². The number of nitrogens with one attached hydrogen (secondary N) is 1. The van der Waals surface area contributed by atoms with E-state index >= 15 is 0 Å². The normalized spacial score (nSPS) is 24.1. The molecule has 6 nitrogen and oxygen atoms in total. The van der Waals surface area contributed by atoms with Gasteiger partial charge in [0.15, 0.2) is 0 Å². The van der Waals surface area contributed by atoms with Crippen molar-refractivity contribution in [1.29, 1.82) is 0 Å². The molecular formula is C13H18N2O4. The van der Waals surface area contributed by atoms with Gasteiger partial charge in [0.2, 0.25) is 11.8 Å². The van der Waals surface area contributed by atoms with E-state index in [1.165, 1.54) is 0 Å². The molecule has 1 aromatic heterocycles. The Balaban J connectivity index is 1.89. The van der Waals surface area contributed by atoms with Crippen LogP contribution in [-0.4, -0.2) is 22.0 Å². The minimum absolute atomic E-state index is 0.118. The lowest BCUT2D eigenvalue weighted by Crippen LogP contribution is -2.32. The molecule has 0 spiro atoms. The number of hydrogen-bond donors (Lipinski definition) is 2. The van der Waals surface area contributed by atoms with Gasteiger partial charge in [0, 0.05) is 5.92 Å². The maximum atomic E-state index is 12.0. The van der Waals surface area contributed by atoms with Crippen LogP contribution in [0, 0.1) is 18.8 Å². The van der Waals surface area contributed by atoms with Crippen molar-refractivity contribution in [2.45, 2.75) is 39.2 Å². The van der Waals surface area contributed by atoms with Crippen LogP contribution in [0.1, 0.15) is 43.9 Å². The summed E-state index contributed by atoms with van der Waals surface area (Å²) in [7, 11) is 0. The molecule has 0 radical (unpaired) electrons. The van der Waals surface area contributed by atoms with Crippen molar-refractivity contribution < 1.29 is 19.1 Å². The summed E-state index contributed by atoms with van der Waals surface area (Å²) in [6, 6.07) is -0.301. The molecule has 0 aromatic carbocycles. The molecule has 1 saturated carbocycles.